The van der Waals surface area contributed by atoms with E-state index in [0.29, 0.717) is 33.5 Å². The summed E-state index contributed by atoms with van der Waals surface area (Å²) < 4.78 is 26.0. The lowest BCUT2D eigenvalue weighted by Gasteiger charge is -2.10. The number of rotatable bonds is 7. The first-order valence-corrected chi connectivity index (χ1v) is 11.5. The lowest BCUT2D eigenvalue weighted by molar-refractivity contribution is 0.391. The van der Waals surface area contributed by atoms with Crippen LogP contribution in [0, 0.1) is 5.82 Å². The summed E-state index contributed by atoms with van der Waals surface area (Å²) in [7, 11) is 1.61. The van der Waals surface area contributed by atoms with E-state index in [1.54, 1.807) is 31.4 Å². The van der Waals surface area contributed by atoms with E-state index in [-0.39, 0.29) is 5.82 Å². The molecule has 7 nitrogen and oxygen atoms in total. The van der Waals surface area contributed by atoms with E-state index in [0.717, 1.165) is 22.6 Å². The molecule has 0 aliphatic rings. The molecule has 170 valence electrons. The van der Waals surface area contributed by atoms with Crippen molar-refractivity contribution >= 4 is 23.4 Å². The number of hydrogen-bond acceptors (Lipinski definition) is 7. The fourth-order valence-corrected chi connectivity index (χ4v) is 4.18. The molecular formula is C24H17ClFN5O2S. The van der Waals surface area contributed by atoms with Gasteiger partial charge in [0.25, 0.3) is 0 Å². The molecule has 0 saturated heterocycles. The Morgan fingerprint density at radius 2 is 1.65 bits per heavy atom. The standard InChI is InChI=1S/C24H17ClFN5O2S/c1-32-20-12-4-15(5-13-20)22-27-21(33-30-22)14-34-24-29-28-23(16-2-6-17(25)7-3-16)31(24)19-10-8-18(26)9-11-19/h2-13H,14H2,1H3. The summed E-state index contributed by atoms with van der Waals surface area (Å²) >= 11 is 7.43. The van der Waals surface area contributed by atoms with Crippen LogP contribution in [-0.2, 0) is 5.75 Å². The van der Waals surface area contributed by atoms with Gasteiger partial charge < -0.3 is 9.26 Å². The Balaban J connectivity index is 1.42. The summed E-state index contributed by atoms with van der Waals surface area (Å²) in [5, 5.41) is 14.0. The van der Waals surface area contributed by atoms with Crippen molar-refractivity contribution in [2.45, 2.75) is 10.9 Å². The van der Waals surface area contributed by atoms with Crippen LogP contribution >= 0.6 is 23.4 Å². The Morgan fingerprint density at radius 3 is 2.35 bits per heavy atom. The van der Waals surface area contributed by atoms with E-state index in [1.165, 1.54) is 23.9 Å². The van der Waals surface area contributed by atoms with Gasteiger partial charge in [-0.05, 0) is 72.8 Å². The van der Waals surface area contributed by atoms with Gasteiger partial charge in [-0.2, -0.15) is 4.98 Å². The van der Waals surface area contributed by atoms with Gasteiger partial charge in [-0.15, -0.1) is 10.2 Å². The first-order chi connectivity index (χ1) is 16.6. The number of nitrogens with zero attached hydrogens (tertiary/aromatic N) is 5. The summed E-state index contributed by atoms with van der Waals surface area (Å²) in [5.74, 6) is 2.34. The Morgan fingerprint density at radius 1 is 0.941 bits per heavy atom. The van der Waals surface area contributed by atoms with Gasteiger partial charge in [0.2, 0.25) is 11.7 Å². The minimum absolute atomic E-state index is 0.323. The van der Waals surface area contributed by atoms with Crippen molar-refractivity contribution in [1.29, 1.82) is 0 Å². The summed E-state index contributed by atoms with van der Waals surface area (Å²) in [4.78, 5) is 4.48. The molecule has 0 atom stereocenters. The second-order valence-corrected chi connectivity index (χ2v) is 8.53. The second kappa shape index (κ2) is 9.66. The van der Waals surface area contributed by atoms with E-state index >= 15 is 0 Å². The number of hydrogen-bond donors (Lipinski definition) is 0. The van der Waals surface area contributed by atoms with Gasteiger partial charge >= 0.3 is 0 Å². The number of thioether (sulfide) groups is 1. The number of aromatic nitrogens is 5. The van der Waals surface area contributed by atoms with Gasteiger partial charge in [0, 0.05) is 21.8 Å². The molecule has 0 unspecified atom stereocenters. The number of ether oxygens (including phenoxy) is 1. The highest BCUT2D eigenvalue weighted by Crippen LogP contribution is 2.30. The highest BCUT2D eigenvalue weighted by Gasteiger charge is 2.18. The SMILES string of the molecule is COc1ccc(-c2noc(CSc3nnc(-c4ccc(Cl)cc4)n3-c3ccc(F)cc3)n2)cc1. The first kappa shape index (κ1) is 22.1. The zero-order valence-electron chi connectivity index (χ0n) is 17.9. The molecule has 5 rings (SSSR count). The Hall–Kier alpha value is -3.69. The third-order valence-corrected chi connectivity index (χ3v) is 6.13. The highest BCUT2D eigenvalue weighted by molar-refractivity contribution is 7.98. The predicted octanol–water partition coefficient (Wildman–Crippen LogP) is 6.08. The molecule has 0 amide bonds. The molecule has 0 N–H and O–H groups in total. The predicted molar refractivity (Wildman–Crippen MR) is 128 cm³/mol. The zero-order valence-corrected chi connectivity index (χ0v) is 19.4. The van der Waals surface area contributed by atoms with E-state index < -0.39 is 0 Å². The monoisotopic (exact) mass is 493 g/mol. The topological polar surface area (TPSA) is 78.9 Å². The van der Waals surface area contributed by atoms with Gasteiger partial charge in [-0.3, -0.25) is 4.57 Å². The molecule has 2 aromatic heterocycles. The van der Waals surface area contributed by atoms with Crippen LogP contribution in [0.25, 0.3) is 28.5 Å². The maximum atomic E-state index is 13.6. The summed E-state index contributed by atoms with van der Waals surface area (Å²) in [5.41, 5.74) is 2.37. The smallest absolute Gasteiger partial charge is 0.237 e. The second-order valence-electron chi connectivity index (χ2n) is 7.15. The molecule has 3 aromatic carbocycles. The van der Waals surface area contributed by atoms with E-state index in [9.17, 15) is 4.39 Å². The molecule has 0 bridgehead atoms. The van der Waals surface area contributed by atoms with Crippen LogP contribution in [0.1, 0.15) is 5.89 Å². The average Bonchev–Trinajstić information content (AvgIpc) is 3.51. The molecule has 2 heterocycles. The highest BCUT2D eigenvalue weighted by atomic mass is 35.5. The van der Waals surface area contributed by atoms with Gasteiger partial charge in [0.1, 0.15) is 11.6 Å². The number of benzene rings is 3. The third kappa shape index (κ3) is 4.66. The van der Waals surface area contributed by atoms with Crippen molar-refractivity contribution in [2.24, 2.45) is 0 Å². The molecule has 0 radical (unpaired) electrons. The maximum absolute atomic E-state index is 13.6. The maximum Gasteiger partial charge on any atom is 0.237 e. The van der Waals surface area contributed by atoms with Crippen LogP contribution in [0.2, 0.25) is 5.02 Å². The lowest BCUT2D eigenvalue weighted by Crippen LogP contribution is -2.00. The van der Waals surface area contributed by atoms with Crippen molar-refractivity contribution in [3.63, 3.8) is 0 Å². The van der Waals surface area contributed by atoms with Crippen molar-refractivity contribution < 1.29 is 13.7 Å². The van der Waals surface area contributed by atoms with Crippen LogP contribution in [0.15, 0.2) is 82.5 Å². The third-order valence-electron chi connectivity index (χ3n) is 4.96. The Kier molecular flexibility index (Phi) is 6.29. The van der Waals surface area contributed by atoms with Crippen molar-refractivity contribution in [3.05, 3.63) is 89.5 Å². The van der Waals surface area contributed by atoms with E-state index in [1.807, 2.05) is 41.0 Å². The quantitative estimate of drug-likeness (QED) is 0.254. The van der Waals surface area contributed by atoms with Crippen molar-refractivity contribution in [2.75, 3.05) is 7.11 Å². The van der Waals surface area contributed by atoms with Crippen LogP contribution in [0.5, 0.6) is 5.75 Å². The molecule has 0 spiro atoms. The molecule has 0 aliphatic carbocycles. The molecule has 0 aliphatic heterocycles. The lowest BCUT2D eigenvalue weighted by atomic mass is 10.2. The van der Waals surface area contributed by atoms with Gasteiger partial charge in [-0.1, -0.05) is 28.5 Å². The van der Waals surface area contributed by atoms with Crippen LogP contribution < -0.4 is 4.74 Å². The fraction of sp³-hybridized carbons (Fsp3) is 0.0833. The Bertz CT molecular complexity index is 1400. The summed E-state index contributed by atoms with van der Waals surface area (Å²) in [6.07, 6.45) is 0. The van der Waals surface area contributed by atoms with Crippen molar-refractivity contribution in [1.82, 2.24) is 24.9 Å². The van der Waals surface area contributed by atoms with Crippen LogP contribution in [-0.4, -0.2) is 32.0 Å². The average molecular weight is 494 g/mol. The normalized spacial score (nSPS) is 11.0. The van der Waals surface area contributed by atoms with Crippen molar-refractivity contribution in [3.8, 4) is 34.2 Å². The van der Waals surface area contributed by atoms with Gasteiger partial charge in [0.05, 0.1) is 12.9 Å². The molecule has 34 heavy (non-hydrogen) atoms. The summed E-state index contributed by atoms with van der Waals surface area (Å²) in [6.45, 7) is 0. The van der Waals surface area contributed by atoms with Gasteiger partial charge in [-0.25, -0.2) is 4.39 Å². The van der Waals surface area contributed by atoms with Gasteiger partial charge in [0.15, 0.2) is 11.0 Å². The fourth-order valence-electron chi connectivity index (χ4n) is 3.27. The minimum Gasteiger partial charge on any atom is -0.497 e. The van der Waals surface area contributed by atoms with Crippen LogP contribution in [0.3, 0.4) is 0 Å². The van der Waals surface area contributed by atoms with E-state index in [2.05, 4.69) is 20.3 Å². The van der Waals surface area contributed by atoms with Crippen LogP contribution in [0.4, 0.5) is 4.39 Å². The Labute approximate surface area is 203 Å². The molecule has 5 aromatic rings. The largest absolute Gasteiger partial charge is 0.497 e. The molecular weight excluding hydrogens is 477 g/mol. The zero-order chi connectivity index (χ0) is 23.5. The first-order valence-electron chi connectivity index (χ1n) is 10.2. The molecule has 0 saturated carbocycles. The number of halogens is 2. The molecule has 10 heteroatoms. The molecule has 0 fully saturated rings. The minimum atomic E-state index is -0.323. The summed E-state index contributed by atoms with van der Waals surface area (Å²) in [6, 6.07) is 20.8. The number of methoxy groups -OCH3 is 1. The van der Waals surface area contributed by atoms with E-state index in [4.69, 9.17) is 20.9 Å².